The quantitative estimate of drug-likeness (QED) is 0.469. The first kappa shape index (κ1) is 8.60. The zero-order valence-corrected chi connectivity index (χ0v) is 7.40. The van der Waals surface area contributed by atoms with E-state index in [1.807, 2.05) is 4.90 Å². The molecule has 0 aromatic carbocycles. The molecule has 1 aliphatic heterocycles. The molecule has 1 fully saturated rings. The van der Waals surface area contributed by atoms with Gasteiger partial charge in [-0.2, -0.15) is 0 Å². The monoisotopic (exact) mass is 173 g/mol. The number of carbonyl (C=O) groups excluding carboxylic acids is 1. The van der Waals surface area contributed by atoms with Crippen molar-refractivity contribution in [3.8, 4) is 0 Å². The fourth-order valence-electron chi connectivity index (χ4n) is 1.19. The lowest BCUT2D eigenvalue weighted by atomic mass is 10.4. The number of rotatable bonds is 2. The van der Waals surface area contributed by atoms with Crippen molar-refractivity contribution < 1.29 is 4.79 Å². The van der Waals surface area contributed by atoms with Crippen LogP contribution in [0.2, 0.25) is 0 Å². The molecule has 0 atom stereocenters. The maximum absolute atomic E-state index is 10.6. The van der Waals surface area contributed by atoms with E-state index in [1.54, 1.807) is 0 Å². The molecular weight excluding hydrogens is 162 g/mol. The lowest BCUT2D eigenvalue weighted by molar-refractivity contribution is -0.112. The van der Waals surface area contributed by atoms with Crippen molar-refractivity contribution >= 4 is 17.4 Å². The zero-order chi connectivity index (χ0) is 8.27. The Morgan fingerprint density at radius 1 is 1.45 bits per heavy atom. The number of likely N-dealkylation sites (tertiary alicyclic amines) is 1. The van der Waals surface area contributed by atoms with Gasteiger partial charge in [-0.1, -0.05) is 11.6 Å². The molecule has 0 aliphatic carbocycles. The minimum Gasteiger partial charge on any atom is -0.362 e. The van der Waals surface area contributed by atoms with Crippen LogP contribution in [0.25, 0.3) is 0 Å². The fraction of sp³-hybridized carbons (Fsp3) is 0.625. The van der Waals surface area contributed by atoms with Crippen LogP contribution in [0.3, 0.4) is 0 Å². The van der Waals surface area contributed by atoms with Crippen LogP contribution >= 0.6 is 11.6 Å². The van der Waals surface area contributed by atoms with Crippen molar-refractivity contribution in [1.82, 2.24) is 4.90 Å². The predicted octanol–water partition coefficient (Wildman–Crippen LogP) is 1.75. The summed E-state index contributed by atoms with van der Waals surface area (Å²) < 4.78 is 0. The third kappa shape index (κ3) is 2.54. The Morgan fingerprint density at radius 2 is 2.00 bits per heavy atom. The molecule has 0 radical (unpaired) electrons. The van der Waals surface area contributed by atoms with Gasteiger partial charge >= 0.3 is 0 Å². The number of ketones is 1. The van der Waals surface area contributed by atoms with Gasteiger partial charge in [-0.3, -0.25) is 4.79 Å². The molecule has 1 heterocycles. The third-order valence-electron chi connectivity index (χ3n) is 1.73. The van der Waals surface area contributed by atoms with Crippen molar-refractivity contribution in [2.75, 3.05) is 13.1 Å². The van der Waals surface area contributed by atoms with Crippen molar-refractivity contribution in [3.05, 3.63) is 11.2 Å². The number of halogens is 1. The van der Waals surface area contributed by atoms with Crippen LogP contribution in [0.5, 0.6) is 0 Å². The van der Waals surface area contributed by atoms with E-state index in [1.165, 1.54) is 25.8 Å². The maximum atomic E-state index is 10.6. The van der Waals surface area contributed by atoms with E-state index in [-0.39, 0.29) is 5.78 Å². The van der Waals surface area contributed by atoms with Gasteiger partial charge in [0, 0.05) is 19.2 Å². The first-order valence-corrected chi connectivity index (χ1v) is 4.20. The Hall–Kier alpha value is -0.500. The largest absolute Gasteiger partial charge is 0.362 e. The van der Waals surface area contributed by atoms with Crippen molar-refractivity contribution in [1.29, 1.82) is 0 Å². The van der Waals surface area contributed by atoms with Gasteiger partial charge in [0.15, 0.2) is 5.78 Å². The molecule has 0 unspecified atom stereocenters. The molecule has 3 heteroatoms. The molecule has 62 valence electrons. The summed E-state index contributed by atoms with van der Waals surface area (Å²) in [6.45, 7) is 3.49. The molecule has 0 N–H and O–H groups in total. The molecule has 0 bridgehead atoms. The van der Waals surface area contributed by atoms with E-state index >= 15 is 0 Å². The number of nitrogens with zero attached hydrogens (tertiary/aromatic N) is 1. The molecule has 0 spiro atoms. The molecule has 0 aromatic heterocycles. The Labute approximate surface area is 71.8 Å². The van der Waals surface area contributed by atoms with E-state index < -0.39 is 0 Å². The van der Waals surface area contributed by atoms with Crippen LogP contribution in [-0.4, -0.2) is 23.8 Å². The first-order chi connectivity index (χ1) is 5.20. The smallest absolute Gasteiger partial charge is 0.155 e. The topological polar surface area (TPSA) is 20.3 Å². The van der Waals surface area contributed by atoms with Gasteiger partial charge in [0.25, 0.3) is 0 Å². The predicted molar refractivity (Wildman–Crippen MR) is 45.4 cm³/mol. The van der Waals surface area contributed by atoms with Gasteiger partial charge in [0.05, 0.1) is 0 Å². The Kier molecular flexibility index (Phi) is 2.94. The molecule has 0 saturated carbocycles. The Morgan fingerprint density at radius 3 is 2.45 bits per heavy atom. The van der Waals surface area contributed by atoms with Gasteiger partial charge in [-0.25, -0.2) is 0 Å². The SMILES string of the molecule is CC(=O)/C=C(/Cl)N1CCCC1. The van der Waals surface area contributed by atoms with Crippen LogP contribution in [0, 0.1) is 0 Å². The summed E-state index contributed by atoms with van der Waals surface area (Å²) in [5.74, 6) is 0.0156. The van der Waals surface area contributed by atoms with E-state index in [9.17, 15) is 4.79 Å². The second kappa shape index (κ2) is 3.77. The summed E-state index contributed by atoms with van der Waals surface area (Å²) in [5.41, 5.74) is 0. The van der Waals surface area contributed by atoms with Crippen LogP contribution < -0.4 is 0 Å². The average molecular weight is 174 g/mol. The van der Waals surface area contributed by atoms with Crippen LogP contribution in [-0.2, 0) is 4.79 Å². The van der Waals surface area contributed by atoms with Crippen LogP contribution in [0.4, 0.5) is 0 Å². The zero-order valence-electron chi connectivity index (χ0n) is 6.64. The molecule has 1 saturated heterocycles. The van der Waals surface area contributed by atoms with Gasteiger partial charge in [0.1, 0.15) is 5.16 Å². The van der Waals surface area contributed by atoms with Crippen LogP contribution in [0.1, 0.15) is 19.8 Å². The molecule has 0 amide bonds. The summed E-state index contributed by atoms with van der Waals surface area (Å²) >= 11 is 5.85. The van der Waals surface area contributed by atoms with E-state index in [2.05, 4.69) is 0 Å². The summed E-state index contributed by atoms with van der Waals surface area (Å²) in [5, 5.41) is 0.593. The third-order valence-corrected chi connectivity index (χ3v) is 2.08. The highest BCUT2D eigenvalue weighted by atomic mass is 35.5. The minimum absolute atomic E-state index is 0.0156. The average Bonchev–Trinajstić information content (AvgIpc) is 2.35. The van der Waals surface area contributed by atoms with Crippen molar-refractivity contribution in [3.63, 3.8) is 0 Å². The minimum atomic E-state index is 0.0156. The number of allylic oxidation sites excluding steroid dienone is 1. The number of carbonyl (C=O) groups is 1. The summed E-state index contributed by atoms with van der Waals surface area (Å²) in [6.07, 6.45) is 3.84. The second-order valence-corrected chi connectivity index (χ2v) is 3.16. The molecule has 2 nitrogen and oxygen atoms in total. The highest BCUT2D eigenvalue weighted by Gasteiger charge is 2.12. The number of hydrogen-bond acceptors (Lipinski definition) is 2. The van der Waals surface area contributed by atoms with Crippen LogP contribution in [0.15, 0.2) is 11.2 Å². The maximum Gasteiger partial charge on any atom is 0.155 e. The number of hydrogen-bond donors (Lipinski definition) is 0. The standard InChI is InChI=1S/C8H12ClNO/c1-7(11)6-8(9)10-4-2-3-5-10/h6H,2-5H2,1H3/b8-6-. The van der Waals surface area contributed by atoms with Gasteiger partial charge in [-0.15, -0.1) is 0 Å². The molecule has 11 heavy (non-hydrogen) atoms. The Balaban J connectivity index is 2.51. The lowest BCUT2D eigenvalue weighted by Crippen LogP contribution is -2.15. The summed E-state index contributed by atoms with van der Waals surface area (Å²) in [4.78, 5) is 12.7. The molecule has 0 aromatic rings. The second-order valence-electron chi connectivity index (χ2n) is 2.77. The Bertz CT molecular complexity index is 183. The van der Waals surface area contributed by atoms with E-state index in [4.69, 9.17) is 11.6 Å². The van der Waals surface area contributed by atoms with Gasteiger partial charge in [0.2, 0.25) is 0 Å². The fourth-order valence-corrected chi connectivity index (χ4v) is 1.51. The van der Waals surface area contributed by atoms with E-state index in [0.29, 0.717) is 5.16 Å². The summed E-state index contributed by atoms with van der Waals surface area (Å²) in [6, 6.07) is 0. The highest BCUT2D eigenvalue weighted by Crippen LogP contribution is 2.17. The molecule has 1 aliphatic rings. The first-order valence-electron chi connectivity index (χ1n) is 3.83. The van der Waals surface area contributed by atoms with Gasteiger partial charge in [-0.05, 0) is 19.8 Å². The van der Waals surface area contributed by atoms with E-state index in [0.717, 1.165) is 13.1 Å². The lowest BCUT2D eigenvalue weighted by Gasteiger charge is -2.14. The van der Waals surface area contributed by atoms with Gasteiger partial charge < -0.3 is 4.90 Å². The van der Waals surface area contributed by atoms with Crippen molar-refractivity contribution in [2.45, 2.75) is 19.8 Å². The van der Waals surface area contributed by atoms with Crippen molar-refractivity contribution in [2.24, 2.45) is 0 Å². The normalized spacial score (nSPS) is 19.1. The highest BCUT2D eigenvalue weighted by molar-refractivity contribution is 6.30. The molecule has 1 rings (SSSR count). The molecular formula is C8H12ClNO. The summed E-state index contributed by atoms with van der Waals surface area (Å²) in [7, 11) is 0.